The van der Waals surface area contributed by atoms with Crippen LogP contribution in [0.15, 0.2) is 145 Å². The van der Waals surface area contributed by atoms with Crippen molar-refractivity contribution in [1.29, 1.82) is 0 Å². The summed E-state index contributed by atoms with van der Waals surface area (Å²) in [5, 5.41) is 2.34. The molecule has 0 aliphatic carbocycles. The van der Waals surface area contributed by atoms with Crippen molar-refractivity contribution < 1.29 is 21.1 Å². The van der Waals surface area contributed by atoms with Crippen molar-refractivity contribution in [2.45, 2.75) is 111 Å². The minimum Gasteiger partial charge on any atom is -0.358 e. The van der Waals surface area contributed by atoms with Gasteiger partial charge in [0.25, 0.3) is 0 Å². The molecule has 9 rings (SSSR count). The molecule has 0 unspecified atom stereocenters. The summed E-state index contributed by atoms with van der Waals surface area (Å²) in [7, 11) is 0. The number of benzene rings is 6. The van der Waals surface area contributed by atoms with Gasteiger partial charge in [-0.15, -0.1) is 52.6 Å². The number of nitrogens with zero attached hydrogens (tertiary/aromatic N) is 4. The molecule has 1 aliphatic rings. The number of aromatic nitrogens is 2. The summed E-state index contributed by atoms with van der Waals surface area (Å²) in [4.78, 5) is 13.6. The summed E-state index contributed by atoms with van der Waals surface area (Å²) in [6.07, 6.45) is 1.94. The third-order valence-electron chi connectivity index (χ3n) is 13.8. The number of amidine groups is 1. The maximum Gasteiger partial charge on any atom is 2.00 e. The maximum absolute atomic E-state index is 6.09. The van der Waals surface area contributed by atoms with E-state index >= 15 is 0 Å². The summed E-state index contributed by atoms with van der Waals surface area (Å²) in [6, 6.07) is 56.7. The number of pyridine rings is 1. The third-order valence-corrected chi connectivity index (χ3v) is 13.8. The van der Waals surface area contributed by atoms with Crippen LogP contribution in [0.5, 0.6) is 0 Å². The molecule has 4 nitrogen and oxygen atoms in total. The third kappa shape index (κ3) is 7.56. The quantitative estimate of drug-likeness (QED) is 0.149. The number of rotatable bonds is 7. The second kappa shape index (κ2) is 16.5. The Morgan fingerprint density at radius 1 is 0.594 bits per heavy atom. The Hall–Kier alpha value is -5.57. The fraction of sp³-hybridized carbons (Fsp3) is 0.288. The summed E-state index contributed by atoms with van der Waals surface area (Å²) in [5.74, 6) is 0.886. The molecule has 1 aliphatic heterocycles. The second-order valence-electron chi connectivity index (χ2n) is 20.5. The minimum absolute atomic E-state index is 0. The first-order valence-electron chi connectivity index (χ1n) is 22.5. The van der Waals surface area contributed by atoms with Gasteiger partial charge < -0.3 is 19.4 Å². The fourth-order valence-electron chi connectivity index (χ4n) is 9.99. The van der Waals surface area contributed by atoms with Gasteiger partial charge >= 0.3 is 21.1 Å². The minimum atomic E-state index is -0.618. The van der Waals surface area contributed by atoms with E-state index < -0.39 is 11.1 Å². The number of anilines is 1. The smallest absolute Gasteiger partial charge is 0.358 e. The zero-order valence-electron chi connectivity index (χ0n) is 39.5. The first-order valence-corrected chi connectivity index (χ1v) is 22.5. The van der Waals surface area contributed by atoms with Crippen LogP contribution in [-0.2, 0) is 31.9 Å². The zero-order valence-corrected chi connectivity index (χ0v) is 41.7. The van der Waals surface area contributed by atoms with E-state index in [1.807, 2.05) is 6.20 Å². The van der Waals surface area contributed by atoms with Crippen molar-refractivity contribution in [3.05, 3.63) is 196 Å². The van der Waals surface area contributed by atoms with E-state index in [0.717, 1.165) is 50.3 Å². The number of para-hydroxylation sites is 2. The summed E-state index contributed by atoms with van der Waals surface area (Å²) < 4.78 is 2.37. The maximum atomic E-state index is 6.09. The molecule has 6 aromatic carbocycles. The summed E-state index contributed by atoms with van der Waals surface area (Å²) in [5.41, 5.74) is 14.4. The SMILES string of the molecule is Cc1cc2c3ccccc3n(-c3[c-]c(C4=N[C@](C)(C(c5ccccc5)c5ccccc5)C(C)(C)N4c4c(C)cccc4C)cc(C(C)(C)C)c3)c2[c-]c1-c1cc(C(C)(C)C)ccn1.[Pt+2]. The van der Waals surface area contributed by atoms with Gasteiger partial charge in [-0.3, -0.25) is 0 Å². The van der Waals surface area contributed by atoms with E-state index in [-0.39, 0.29) is 37.8 Å². The Morgan fingerprint density at radius 2 is 1.19 bits per heavy atom. The Labute approximate surface area is 395 Å². The van der Waals surface area contributed by atoms with Crippen LogP contribution in [0.4, 0.5) is 5.69 Å². The summed E-state index contributed by atoms with van der Waals surface area (Å²) in [6.45, 7) is 27.5. The van der Waals surface area contributed by atoms with Crippen LogP contribution < -0.4 is 4.90 Å². The topological polar surface area (TPSA) is 33.4 Å². The molecule has 0 spiro atoms. The van der Waals surface area contributed by atoms with Gasteiger partial charge in [-0.05, 0) is 108 Å². The second-order valence-corrected chi connectivity index (χ2v) is 20.5. The largest absolute Gasteiger partial charge is 2.00 e. The molecule has 8 aromatic rings. The van der Waals surface area contributed by atoms with Crippen molar-refractivity contribution in [3.8, 4) is 16.9 Å². The summed E-state index contributed by atoms with van der Waals surface area (Å²) >= 11 is 0. The predicted molar refractivity (Wildman–Crippen MR) is 266 cm³/mol. The number of hydrogen-bond acceptors (Lipinski definition) is 3. The van der Waals surface area contributed by atoms with Crippen LogP contribution in [0.2, 0.25) is 0 Å². The first kappa shape index (κ1) is 45.0. The van der Waals surface area contributed by atoms with Gasteiger partial charge in [0.15, 0.2) is 0 Å². The first-order chi connectivity index (χ1) is 29.9. The van der Waals surface area contributed by atoms with Crippen molar-refractivity contribution >= 4 is 33.3 Å². The zero-order chi connectivity index (χ0) is 44.6. The van der Waals surface area contributed by atoms with Crippen molar-refractivity contribution in [2.75, 3.05) is 4.90 Å². The van der Waals surface area contributed by atoms with Crippen LogP contribution in [0.1, 0.15) is 113 Å². The molecule has 0 fully saturated rings. The van der Waals surface area contributed by atoms with Gasteiger partial charge in [0.05, 0.1) is 16.9 Å². The van der Waals surface area contributed by atoms with Crippen molar-refractivity contribution in [3.63, 3.8) is 0 Å². The molecule has 326 valence electrons. The van der Waals surface area contributed by atoms with Crippen LogP contribution in [0, 0.1) is 32.9 Å². The molecule has 3 heterocycles. The molecule has 1 atom stereocenters. The molecule has 0 saturated carbocycles. The Balaban J connectivity index is 0.00000560. The van der Waals surface area contributed by atoms with Crippen LogP contribution in [0.3, 0.4) is 0 Å². The van der Waals surface area contributed by atoms with Crippen molar-refractivity contribution in [1.82, 2.24) is 9.55 Å². The van der Waals surface area contributed by atoms with Gasteiger partial charge in [-0.2, -0.15) is 0 Å². The molecule has 0 amide bonds. The number of aryl methyl sites for hydroxylation is 3. The predicted octanol–water partition coefficient (Wildman–Crippen LogP) is 14.6. The molecule has 2 aromatic heterocycles. The Kier molecular flexibility index (Phi) is 11.6. The van der Waals surface area contributed by atoms with Crippen LogP contribution in [0.25, 0.3) is 38.8 Å². The van der Waals surface area contributed by atoms with Gasteiger partial charge in [0.1, 0.15) is 0 Å². The Bertz CT molecular complexity index is 2990. The van der Waals surface area contributed by atoms with Crippen molar-refractivity contribution in [2.24, 2.45) is 4.99 Å². The van der Waals surface area contributed by atoms with Gasteiger partial charge in [-0.25, -0.2) is 0 Å². The molecule has 5 heteroatoms. The standard InChI is InChI=1S/C59H60N4.Pt/c1-38-22-21-23-39(2)54(38)63-55(61-59(12,58(63,10)11)53(41-24-15-13-16-25-41)42-26-17-14-18-27-42)43-33-45(57(7,8)9)35-46(34-43)62-51-29-20-19-28-47(51)49-32-40(3)48(37-52(49)62)50-36-44(30-31-60-50)56(4,5)6;/h13-33,35-36,53H,1-12H3;/q-2;+2/t59-;/m1./s1. The normalized spacial score (nSPS) is 16.4. The van der Waals surface area contributed by atoms with E-state index in [1.54, 1.807) is 0 Å². The molecule has 0 radical (unpaired) electrons. The van der Waals surface area contributed by atoms with Gasteiger partial charge in [0, 0.05) is 23.3 Å². The van der Waals surface area contributed by atoms with Crippen LogP contribution >= 0.6 is 0 Å². The van der Waals surface area contributed by atoms with Crippen LogP contribution in [-0.4, -0.2) is 26.5 Å². The molecule has 0 saturated heterocycles. The number of hydrogen-bond donors (Lipinski definition) is 0. The van der Waals surface area contributed by atoms with Gasteiger partial charge in [-0.1, -0.05) is 157 Å². The van der Waals surface area contributed by atoms with E-state index in [4.69, 9.17) is 9.98 Å². The van der Waals surface area contributed by atoms with Gasteiger partial charge in [0.2, 0.25) is 0 Å². The van der Waals surface area contributed by atoms with E-state index in [0.29, 0.717) is 0 Å². The van der Waals surface area contributed by atoms with E-state index in [2.05, 4.69) is 238 Å². The van der Waals surface area contributed by atoms with E-state index in [1.165, 1.54) is 44.5 Å². The Morgan fingerprint density at radius 3 is 1.80 bits per heavy atom. The monoisotopic (exact) mass is 1020 g/mol. The molecular weight excluding hydrogens is 960 g/mol. The average molecular weight is 1020 g/mol. The molecule has 0 N–H and O–H groups in total. The fourth-order valence-corrected chi connectivity index (χ4v) is 9.99. The molecule has 0 bridgehead atoms. The average Bonchev–Trinajstić information content (AvgIpc) is 3.67. The molecule has 64 heavy (non-hydrogen) atoms. The molecular formula is C59H60N4Pt. The number of aliphatic imine (C=N–C) groups is 1. The number of fused-ring (bicyclic) bond motifs is 3. The van der Waals surface area contributed by atoms with E-state index in [9.17, 15) is 0 Å².